The Morgan fingerprint density at radius 1 is 1.12 bits per heavy atom. The van der Waals surface area contributed by atoms with E-state index in [1.165, 1.54) is 12.8 Å². The molecule has 16 heavy (non-hydrogen) atoms. The Hall–Kier alpha value is -0.670. The summed E-state index contributed by atoms with van der Waals surface area (Å²) in [5.41, 5.74) is 2.31. The first-order chi connectivity index (χ1) is 7.84. The minimum atomic E-state index is 0.0738. The van der Waals surface area contributed by atoms with Crippen LogP contribution in [0.3, 0.4) is 0 Å². The van der Waals surface area contributed by atoms with Gasteiger partial charge in [0.05, 0.1) is 0 Å². The Morgan fingerprint density at radius 3 is 2.81 bits per heavy atom. The van der Waals surface area contributed by atoms with Gasteiger partial charge in [-0.25, -0.2) is 9.97 Å². The lowest BCUT2D eigenvalue weighted by atomic mass is 9.97. The molecule has 1 saturated heterocycles. The van der Waals surface area contributed by atoms with Crippen LogP contribution in [0.25, 0.3) is 0 Å². The van der Waals surface area contributed by atoms with Crippen LogP contribution < -0.4 is 0 Å². The summed E-state index contributed by atoms with van der Waals surface area (Å²) in [6.07, 6.45) is 6.68. The van der Waals surface area contributed by atoms with Gasteiger partial charge in [-0.3, -0.25) is 0 Å². The maximum Gasteiger partial charge on any atom is 0.159 e. The second-order valence-electron chi connectivity index (χ2n) is 4.51. The van der Waals surface area contributed by atoms with Crippen LogP contribution in [0.2, 0.25) is 5.15 Å². The lowest BCUT2D eigenvalue weighted by molar-refractivity contribution is 0.104. The molecule has 1 aromatic rings. The van der Waals surface area contributed by atoms with E-state index in [0.717, 1.165) is 49.4 Å². The first kappa shape index (κ1) is 10.5. The van der Waals surface area contributed by atoms with Crippen molar-refractivity contribution in [2.45, 2.75) is 44.6 Å². The first-order valence-electron chi connectivity index (χ1n) is 6.01. The third-order valence-electron chi connectivity index (χ3n) is 3.37. The predicted octanol–water partition coefficient (Wildman–Crippen LogP) is 2.86. The van der Waals surface area contributed by atoms with Crippen molar-refractivity contribution in [3.63, 3.8) is 0 Å². The zero-order valence-electron chi connectivity index (χ0n) is 9.21. The highest BCUT2D eigenvalue weighted by Crippen LogP contribution is 2.31. The Morgan fingerprint density at radius 2 is 2.00 bits per heavy atom. The molecule has 0 spiro atoms. The average Bonchev–Trinajstić information content (AvgIpc) is 2.82. The monoisotopic (exact) mass is 238 g/mol. The highest BCUT2D eigenvalue weighted by molar-refractivity contribution is 6.30. The summed E-state index contributed by atoms with van der Waals surface area (Å²) >= 11 is 6.22. The van der Waals surface area contributed by atoms with Gasteiger partial charge < -0.3 is 4.74 Å². The molecule has 3 rings (SSSR count). The minimum Gasteiger partial charge on any atom is -0.370 e. The van der Waals surface area contributed by atoms with Gasteiger partial charge in [0, 0.05) is 17.9 Å². The van der Waals surface area contributed by atoms with Gasteiger partial charge in [0.15, 0.2) is 5.82 Å². The largest absolute Gasteiger partial charge is 0.370 e. The Kier molecular flexibility index (Phi) is 2.82. The fourth-order valence-electron chi connectivity index (χ4n) is 2.49. The van der Waals surface area contributed by atoms with E-state index in [0.29, 0.717) is 5.15 Å². The summed E-state index contributed by atoms with van der Waals surface area (Å²) in [5.74, 6) is 0.795. The molecule has 2 aliphatic rings. The van der Waals surface area contributed by atoms with Crippen LogP contribution in [0.4, 0.5) is 0 Å². The topological polar surface area (TPSA) is 35.0 Å². The van der Waals surface area contributed by atoms with E-state index >= 15 is 0 Å². The highest BCUT2D eigenvalue weighted by Gasteiger charge is 2.24. The van der Waals surface area contributed by atoms with E-state index in [-0.39, 0.29) is 6.10 Å². The van der Waals surface area contributed by atoms with Gasteiger partial charge in [0.1, 0.15) is 11.3 Å². The molecule has 2 heterocycles. The fraction of sp³-hybridized carbons (Fsp3) is 0.667. The SMILES string of the molecule is Clc1nc(C2CCCO2)nc2c1CCCC2. The van der Waals surface area contributed by atoms with Gasteiger partial charge in [0.25, 0.3) is 0 Å². The van der Waals surface area contributed by atoms with Crippen molar-refractivity contribution in [3.8, 4) is 0 Å². The van der Waals surface area contributed by atoms with E-state index in [4.69, 9.17) is 16.3 Å². The summed E-state index contributed by atoms with van der Waals surface area (Å²) in [6.45, 7) is 0.822. The van der Waals surface area contributed by atoms with Crippen LogP contribution in [-0.2, 0) is 17.6 Å². The van der Waals surface area contributed by atoms with Crippen molar-refractivity contribution in [1.82, 2.24) is 9.97 Å². The molecule has 1 unspecified atom stereocenters. The van der Waals surface area contributed by atoms with Gasteiger partial charge in [-0.05, 0) is 38.5 Å². The molecular weight excluding hydrogens is 224 g/mol. The van der Waals surface area contributed by atoms with Crippen molar-refractivity contribution in [1.29, 1.82) is 0 Å². The molecule has 1 aliphatic carbocycles. The summed E-state index contributed by atoms with van der Waals surface area (Å²) in [5, 5.41) is 0.648. The van der Waals surface area contributed by atoms with E-state index in [2.05, 4.69) is 9.97 Å². The van der Waals surface area contributed by atoms with E-state index in [9.17, 15) is 0 Å². The van der Waals surface area contributed by atoms with Crippen molar-refractivity contribution in [2.24, 2.45) is 0 Å². The van der Waals surface area contributed by atoms with Crippen molar-refractivity contribution in [2.75, 3.05) is 6.61 Å². The number of aryl methyl sites for hydroxylation is 1. The fourth-order valence-corrected chi connectivity index (χ4v) is 2.78. The molecule has 4 heteroatoms. The van der Waals surface area contributed by atoms with Crippen LogP contribution in [-0.4, -0.2) is 16.6 Å². The van der Waals surface area contributed by atoms with Crippen molar-refractivity contribution in [3.05, 3.63) is 22.2 Å². The lowest BCUT2D eigenvalue weighted by Gasteiger charge is -2.18. The quantitative estimate of drug-likeness (QED) is 0.706. The molecule has 0 saturated carbocycles. The third-order valence-corrected chi connectivity index (χ3v) is 3.68. The van der Waals surface area contributed by atoms with Crippen LogP contribution >= 0.6 is 11.6 Å². The predicted molar refractivity (Wildman–Crippen MR) is 61.6 cm³/mol. The highest BCUT2D eigenvalue weighted by atomic mass is 35.5. The second-order valence-corrected chi connectivity index (χ2v) is 4.86. The van der Waals surface area contributed by atoms with Gasteiger partial charge in [-0.2, -0.15) is 0 Å². The molecule has 3 nitrogen and oxygen atoms in total. The van der Waals surface area contributed by atoms with Gasteiger partial charge in [-0.15, -0.1) is 0 Å². The van der Waals surface area contributed by atoms with Gasteiger partial charge >= 0.3 is 0 Å². The number of nitrogens with zero attached hydrogens (tertiary/aromatic N) is 2. The minimum absolute atomic E-state index is 0.0738. The zero-order chi connectivity index (χ0) is 11.0. The summed E-state index contributed by atoms with van der Waals surface area (Å²) in [7, 11) is 0. The van der Waals surface area contributed by atoms with Gasteiger partial charge in [0.2, 0.25) is 0 Å². The molecule has 0 bridgehead atoms. The molecule has 0 amide bonds. The zero-order valence-corrected chi connectivity index (χ0v) is 9.96. The molecule has 0 radical (unpaired) electrons. The van der Waals surface area contributed by atoms with E-state index < -0.39 is 0 Å². The van der Waals surface area contributed by atoms with Crippen LogP contribution in [0, 0.1) is 0 Å². The molecule has 0 N–H and O–H groups in total. The number of halogens is 1. The second kappa shape index (κ2) is 4.30. The maximum atomic E-state index is 6.22. The summed E-state index contributed by atoms with van der Waals surface area (Å²) in [4.78, 5) is 9.03. The number of rotatable bonds is 1. The van der Waals surface area contributed by atoms with Gasteiger partial charge in [-0.1, -0.05) is 11.6 Å². The molecule has 1 aliphatic heterocycles. The molecule has 0 aromatic carbocycles. The van der Waals surface area contributed by atoms with Crippen LogP contribution in [0.15, 0.2) is 0 Å². The number of hydrogen-bond acceptors (Lipinski definition) is 3. The molecule has 1 aromatic heterocycles. The number of fused-ring (bicyclic) bond motifs is 1. The summed E-state index contributed by atoms with van der Waals surface area (Å²) < 4.78 is 5.60. The molecule has 86 valence electrons. The lowest BCUT2D eigenvalue weighted by Crippen LogP contribution is -2.12. The third kappa shape index (κ3) is 1.82. The normalized spacial score (nSPS) is 24.4. The average molecular weight is 239 g/mol. The summed E-state index contributed by atoms with van der Waals surface area (Å²) in [6, 6.07) is 0. The standard InChI is InChI=1S/C12H15ClN2O/c13-11-8-4-1-2-5-9(8)14-12(15-11)10-6-3-7-16-10/h10H,1-7H2. The Labute approximate surface area is 100 Å². The van der Waals surface area contributed by atoms with E-state index in [1.54, 1.807) is 0 Å². The number of hydrogen-bond donors (Lipinski definition) is 0. The van der Waals surface area contributed by atoms with E-state index in [1.807, 2.05) is 0 Å². The molecule has 1 atom stereocenters. The molecular formula is C12H15ClN2O. The van der Waals surface area contributed by atoms with Crippen molar-refractivity contribution < 1.29 is 4.74 Å². The first-order valence-corrected chi connectivity index (χ1v) is 6.39. The van der Waals surface area contributed by atoms with Crippen molar-refractivity contribution >= 4 is 11.6 Å². The Bertz CT molecular complexity index is 402. The Balaban J connectivity index is 1.97. The number of aromatic nitrogens is 2. The maximum absolute atomic E-state index is 6.22. The van der Waals surface area contributed by atoms with Crippen LogP contribution in [0.5, 0.6) is 0 Å². The number of ether oxygens (including phenoxy) is 1. The smallest absolute Gasteiger partial charge is 0.159 e. The van der Waals surface area contributed by atoms with Crippen LogP contribution in [0.1, 0.15) is 48.9 Å². The molecule has 1 fully saturated rings.